The van der Waals surface area contributed by atoms with E-state index in [4.69, 9.17) is 5.73 Å². The summed E-state index contributed by atoms with van der Waals surface area (Å²) >= 11 is 3.61. The molecule has 4 nitrogen and oxygen atoms in total. The van der Waals surface area contributed by atoms with E-state index in [9.17, 15) is 4.79 Å². The highest BCUT2D eigenvalue weighted by molar-refractivity contribution is 9.10. The first-order chi connectivity index (χ1) is 9.63. The summed E-state index contributed by atoms with van der Waals surface area (Å²) in [6.07, 6.45) is 1.84. The van der Waals surface area contributed by atoms with Gasteiger partial charge in [0.2, 0.25) is 5.91 Å². The summed E-state index contributed by atoms with van der Waals surface area (Å²) in [6.45, 7) is 4.14. The summed E-state index contributed by atoms with van der Waals surface area (Å²) in [6, 6.07) is 8.22. The van der Waals surface area contributed by atoms with Crippen LogP contribution in [0.5, 0.6) is 0 Å². The lowest BCUT2D eigenvalue weighted by molar-refractivity contribution is -0.122. The molecule has 1 amide bonds. The number of hydrogen-bond donors (Lipinski definition) is 2. The molecule has 1 aromatic carbocycles. The van der Waals surface area contributed by atoms with E-state index in [0.717, 1.165) is 36.0 Å². The van der Waals surface area contributed by atoms with Gasteiger partial charge in [-0.2, -0.15) is 0 Å². The molecule has 2 rings (SSSR count). The van der Waals surface area contributed by atoms with Crippen LogP contribution in [0.25, 0.3) is 0 Å². The van der Waals surface area contributed by atoms with Crippen LogP contribution in [0.4, 0.5) is 0 Å². The van der Waals surface area contributed by atoms with Gasteiger partial charge in [0.15, 0.2) is 0 Å². The molecule has 2 atom stereocenters. The van der Waals surface area contributed by atoms with Crippen molar-refractivity contribution in [1.29, 1.82) is 0 Å². The lowest BCUT2D eigenvalue weighted by Crippen LogP contribution is -2.44. The van der Waals surface area contributed by atoms with Gasteiger partial charge in [-0.25, -0.2) is 0 Å². The van der Waals surface area contributed by atoms with Crippen molar-refractivity contribution in [2.75, 3.05) is 19.6 Å². The van der Waals surface area contributed by atoms with E-state index in [-0.39, 0.29) is 18.0 Å². The second kappa shape index (κ2) is 7.20. The molecule has 1 fully saturated rings. The number of rotatable bonds is 4. The summed E-state index contributed by atoms with van der Waals surface area (Å²) in [4.78, 5) is 14.0. The Morgan fingerprint density at radius 1 is 1.45 bits per heavy atom. The number of carbonyl (C=O) groups is 1. The molecule has 1 saturated heterocycles. The monoisotopic (exact) mass is 339 g/mol. The molecule has 1 aliphatic heterocycles. The van der Waals surface area contributed by atoms with E-state index in [1.165, 1.54) is 0 Å². The van der Waals surface area contributed by atoms with Crippen LogP contribution in [0.3, 0.4) is 0 Å². The molecule has 1 aromatic rings. The molecule has 20 heavy (non-hydrogen) atoms. The van der Waals surface area contributed by atoms with Crippen LogP contribution in [-0.4, -0.2) is 36.5 Å². The Kier molecular flexibility index (Phi) is 5.57. The van der Waals surface area contributed by atoms with Gasteiger partial charge in [-0.05, 0) is 24.5 Å². The van der Waals surface area contributed by atoms with Gasteiger partial charge >= 0.3 is 0 Å². The molecule has 0 bridgehead atoms. The fourth-order valence-electron chi connectivity index (χ4n) is 2.70. The average molecular weight is 340 g/mol. The third-order valence-electron chi connectivity index (χ3n) is 3.79. The van der Waals surface area contributed by atoms with Crippen molar-refractivity contribution in [2.45, 2.75) is 31.8 Å². The molecular formula is C15H22BrN3O. The largest absolute Gasteiger partial charge is 0.355 e. The van der Waals surface area contributed by atoms with Crippen molar-refractivity contribution in [3.63, 3.8) is 0 Å². The van der Waals surface area contributed by atoms with Gasteiger partial charge in [-0.15, -0.1) is 0 Å². The number of carbonyl (C=O) groups excluding carboxylic acids is 1. The van der Waals surface area contributed by atoms with E-state index in [2.05, 4.69) is 39.1 Å². The Morgan fingerprint density at radius 3 is 2.90 bits per heavy atom. The van der Waals surface area contributed by atoms with Crippen molar-refractivity contribution in [3.05, 3.63) is 34.3 Å². The van der Waals surface area contributed by atoms with Gasteiger partial charge in [0.05, 0.1) is 12.6 Å². The maximum atomic E-state index is 11.8. The highest BCUT2D eigenvalue weighted by atomic mass is 79.9. The second-order valence-corrected chi connectivity index (χ2v) is 6.07. The Labute approximate surface area is 128 Å². The summed E-state index contributed by atoms with van der Waals surface area (Å²) in [5.41, 5.74) is 7.51. The second-order valence-electron chi connectivity index (χ2n) is 5.21. The summed E-state index contributed by atoms with van der Waals surface area (Å²) in [5.74, 6) is 0.0860. The molecule has 0 radical (unpaired) electrons. The number of nitrogens with two attached hydrogens (primary N) is 1. The fraction of sp³-hybridized carbons (Fsp3) is 0.533. The van der Waals surface area contributed by atoms with Crippen LogP contribution < -0.4 is 11.1 Å². The third-order valence-corrected chi connectivity index (χ3v) is 4.51. The first kappa shape index (κ1) is 15.5. The van der Waals surface area contributed by atoms with E-state index >= 15 is 0 Å². The topological polar surface area (TPSA) is 58.4 Å². The van der Waals surface area contributed by atoms with Crippen molar-refractivity contribution < 1.29 is 4.79 Å². The standard InChI is InChI=1S/C15H22BrN3O/c1-2-13(17)15(11-6-3-4-7-12(11)16)19-9-5-8-18-14(20)10-19/h3-4,6-7,13,15H,2,5,8-10,17H2,1H3,(H,18,20). The summed E-state index contributed by atoms with van der Waals surface area (Å²) in [5, 5.41) is 2.92. The van der Waals surface area contributed by atoms with Crippen LogP contribution in [0, 0.1) is 0 Å². The van der Waals surface area contributed by atoms with Gasteiger partial charge in [-0.1, -0.05) is 41.1 Å². The minimum absolute atomic E-state index is 0.0135. The molecule has 1 heterocycles. The maximum Gasteiger partial charge on any atom is 0.234 e. The minimum atomic E-state index is 0.0135. The number of halogens is 1. The van der Waals surface area contributed by atoms with Crippen molar-refractivity contribution in [1.82, 2.24) is 10.2 Å². The van der Waals surface area contributed by atoms with Gasteiger partial charge in [0.1, 0.15) is 0 Å². The molecule has 0 aromatic heterocycles. The average Bonchev–Trinajstić information content (AvgIpc) is 2.65. The van der Waals surface area contributed by atoms with Crippen LogP contribution in [0.2, 0.25) is 0 Å². The predicted molar refractivity (Wildman–Crippen MR) is 84.3 cm³/mol. The highest BCUT2D eigenvalue weighted by Gasteiger charge is 2.29. The number of hydrogen-bond acceptors (Lipinski definition) is 3. The molecule has 3 N–H and O–H groups in total. The lowest BCUT2D eigenvalue weighted by atomic mass is 9.96. The number of nitrogens with one attached hydrogen (secondary N) is 1. The smallest absolute Gasteiger partial charge is 0.234 e. The zero-order valence-corrected chi connectivity index (χ0v) is 13.4. The molecule has 0 saturated carbocycles. The molecule has 0 spiro atoms. The molecule has 2 unspecified atom stereocenters. The highest BCUT2D eigenvalue weighted by Crippen LogP contribution is 2.31. The van der Waals surface area contributed by atoms with Crippen LogP contribution in [0.1, 0.15) is 31.4 Å². The Morgan fingerprint density at radius 2 is 2.20 bits per heavy atom. The van der Waals surface area contributed by atoms with E-state index < -0.39 is 0 Å². The Hall–Kier alpha value is -0.910. The van der Waals surface area contributed by atoms with E-state index in [0.29, 0.717) is 6.54 Å². The molecular weight excluding hydrogens is 318 g/mol. The quantitative estimate of drug-likeness (QED) is 0.882. The summed E-state index contributed by atoms with van der Waals surface area (Å²) < 4.78 is 1.05. The predicted octanol–water partition coefficient (Wildman–Crippen LogP) is 2.05. The van der Waals surface area contributed by atoms with Crippen LogP contribution >= 0.6 is 15.9 Å². The van der Waals surface area contributed by atoms with Crippen molar-refractivity contribution in [3.8, 4) is 0 Å². The first-order valence-corrected chi connectivity index (χ1v) is 7.93. The number of amides is 1. The Bertz CT molecular complexity index is 466. The van der Waals surface area contributed by atoms with Crippen LogP contribution in [-0.2, 0) is 4.79 Å². The maximum absolute atomic E-state index is 11.8. The fourth-order valence-corrected chi connectivity index (χ4v) is 3.22. The van der Waals surface area contributed by atoms with Gasteiger partial charge in [0, 0.05) is 23.6 Å². The van der Waals surface area contributed by atoms with Crippen molar-refractivity contribution >= 4 is 21.8 Å². The SMILES string of the molecule is CCC(N)C(c1ccccc1Br)N1CCCNC(=O)C1. The first-order valence-electron chi connectivity index (χ1n) is 7.14. The molecule has 5 heteroatoms. The van der Waals surface area contributed by atoms with Crippen molar-refractivity contribution in [2.24, 2.45) is 5.73 Å². The van der Waals surface area contributed by atoms with Gasteiger partial charge < -0.3 is 11.1 Å². The zero-order chi connectivity index (χ0) is 14.5. The van der Waals surface area contributed by atoms with Gasteiger partial charge in [-0.3, -0.25) is 9.69 Å². The molecule has 1 aliphatic rings. The van der Waals surface area contributed by atoms with E-state index in [1.807, 2.05) is 18.2 Å². The summed E-state index contributed by atoms with van der Waals surface area (Å²) in [7, 11) is 0. The van der Waals surface area contributed by atoms with E-state index in [1.54, 1.807) is 0 Å². The molecule has 0 aliphatic carbocycles. The number of benzene rings is 1. The molecule has 110 valence electrons. The van der Waals surface area contributed by atoms with Gasteiger partial charge in [0.25, 0.3) is 0 Å². The lowest BCUT2D eigenvalue weighted by Gasteiger charge is -2.34. The number of nitrogens with zero attached hydrogens (tertiary/aromatic N) is 1. The Balaban J connectivity index is 2.32. The van der Waals surface area contributed by atoms with Crippen LogP contribution in [0.15, 0.2) is 28.7 Å². The normalized spacial score (nSPS) is 20.1. The minimum Gasteiger partial charge on any atom is -0.355 e. The third kappa shape index (κ3) is 3.59. The zero-order valence-electron chi connectivity index (χ0n) is 11.8.